The first-order valence-electron chi connectivity index (χ1n) is 11.3. The number of nitrogens with zero attached hydrogens (tertiary/aromatic N) is 3. The molecule has 2 fully saturated rings. The number of para-hydroxylation sites is 3. The van der Waals surface area contributed by atoms with Crippen molar-refractivity contribution >= 4 is 28.5 Å². The van der Waals surface area contributed by atoms with Gasteiger partial charge >= 0.3 is 0 Å². The van der Waals surface area contributed by atoms with Crippen LogP contribution in [0.25, 0.3) is 11.0 Å². The van der Waals surface area contributed by atoms with Crippen molar-refractivity contribution in [2.45, 2.75) is 38.5 Å². The van der Waals surface area contributed by atoms with Gasteiger partial charge in [0, 0.05) is 37.7 Å². The number of aromatic amines is 1. The van der Waals surface area contributed by atoms with Gasteiger partial charge in [-0.05, 0) is 43.0 Å². The summed E-state index contributed by atoms with van der Waals surface area (Å²) in [5, 5.41) is 0. The third kappa shape index (κ3) is 3.71. The molecule has 0 radical (unpaired) electrons. The van der Waals surface area contributed by atoms with Crippen molar-refractivity contribution < 1.29 is 9.59 Å². The number of rotatable bonds is 4. The van der Waals surface area contributed by atoms with Crippen LogP contribution in [0.3, 0.4) is 0 Å². The van der Waals surface area contributed by atoms with Crippen molar-refractivity contribution in [3.05, 3.63) is 59.9 Å². The van der Waals surface area contributed by atoms with Crippen molar-refractivity contribution in [2.24, 2.45) is 5.92 Å². The first kappa shape index (κ1) is 19.8. The molecule has 2 aliphatic rings. The summed E-state index contributed by atoms with van der Waals surface area (Å²) in [6.45, 7) is 4.01. The van der Waals surface area contributed by atoms with E-state index in [4.69, 9.17) is 4.98 Å². The summed E-state index contributed by atoms with van der Waals surface area (Å²) in [5.41, 5.74) is 4.16. The maximum Gasteiger partial charge on any atom is 0.228 e. The Bertz CT molecular complexity index is 1080. The number of benzene rings is 2. The van der Waals surface area contributed by atoms with Crippen LogP contribution in [-0.2, 0) is 16.0 Å². The van der Waals surface area contributed by atoms with Crippen molar-refractivity contribution in [1.82, 2.24) is 14.9 Å². The zero-order valence-corrected chi connectivity index (χ0v) is 17.9. The summed E-state index contributed by atoms with van der Waals surface area (Å²) in [6, 6.07) is 16.1. The highest BCUT2D eigenvalue weighted by Gasteiger charge is 2.38. The number of H-pyrrole nitrogens is 1. The largest absolute Gasteiger partial charge is 0.342 e. The number of hydrogen-bond acceptors (Lipinski definition) is 3. The van der Waals surface area contributed by atoms with E-state index < -0.39 is 0 Å². The van der Waals surface area contributed by atoms with Crippen molar-refractivity contribution in [3.63, 3.8) is 0 Å². The van der Waals surface area contributed by atoms with E-state index in [1.165, 1.54) is 0 Å². The first-order chi connectivity index (χ1) is 15.1. The molecule has 1 N–H and O–H groups in total. The zero-order chi connectivity index (χ0) is 21.4. The number of aromatic nitrogens is 2. The van der Waals surface area contributed by atoms with E-state index in [1.807, 2.05) is 52.3 Å². The normalized spacial score (nSPS) is 20.0. The monoisotopic (exact) mass is 416 g/mol. The third-order valence-electron chi connectivity index (χ3n) is 6.74. The first-order valence-corrected chi connectivity index (χ1v) is 11.3. The topological polar surface area (TPSA) is 69.3 Å². The second kappa shape index (κ2) is 8.17. The Morgan fingerprint density at radius 3 is 2.61 bits per heavy atom. The van der Waals surface area contributed by atoms with E-state index in [0.29, 0.717) is 18.9 Å². The molecule has 6 heteroatoms. The summed E-state index contributed by atoms with van der Waals surface area (Å²) in [7, 11) is 0. The van der Waals surface area contributed by atoms with Crippen LogP contribution in [0.2, 0.25) is 0 Å². The average Bonchev–Trinajstić information content (AvgIpc) is 3.42. The highest BCUT2D eigenvalue weighted by Crippen LogP contribution is 2.32. The molecule has 3 heterocycles. The minimum Gasteiger partial charge on any atom is -0.342 e. The fraction of sp³-hybridized carbons (Fsp3) is 0.400. The van der Waals surface area contributed by atoms with Gasteiger partial charge in [-0.25, -0.2) is 4.98 Å². The Morgan fingerprint density at radius 2 is 1.84 bits per heavy atom. The molecule has 1 aromatic heterocycles. The molecule has 1 atom stereocenters. The predicted octanol–water partition coefficient (Wildman–Crippen LogP) is 3.88. The lowest BCUT2D eigenvalue weighted by atomic mass is 9.95. The molecule has 0 saturated carbocycles. The van der Waals surface area contributed by atoms with Gasteiger partial charge in [0.15, 0.2) is 0 Å². The van der Waals surface area contributed by atoms with E-state index in [0.717, 1.165) is 60.5 Å². The fourth-order valence-electron chi connectivity index (χ4n) is 4.98. The number of anilines is 1. The van der Waals surface area contributed by atoms with E-state index in [9.17, 15) is 9.59 Å². The van der Waals surface area contributed by atoms with Crippen LogP contribution in [-0.4, -0.2) is 46.3 Å². The minimum absolute atomic E-state index is 0.0522. The molecular weight excluding hydrogens is 388 g/mol. The maximum atomic E-state index is 13.2. The molecule has 2 aromatic carbocycles. The highest BCUT2D eigenvalue weighted by molar-refractivity contribution is 6.00. The van der Waals surface area contributed by atoms with Crippen LogP contribution in [0, 0.1) is 5.92 Å². The maximum absolute atomic E-state index is 13.2. The third-order valence-corrected chi connectivity index (χ3v) is 6.74. The van der Waals surface area contributed by atoms with Gasteiger partial charge in [0.25, 0.3) is 0 Å². The zero-order valence-electron chi connectivity index (χ0n) is 17.9. The molecule has 31 heavy (non-hydrogen) atoms. The standard InChI is InChI=1S/C25H28N4O2/c1-2-17-7-3-6-10-22(17)29-16-19(15-23(29)30)25(31)28-13-11-18(12-14-28)24-26-20-8-4-5-9-21(20)27-24/h3-10,18-19H,2,11-16H2,1H3,(H,26,27)/t19-/m1/s1. The van der Waals surface area contributed by atoms with Gasteiger partial charge in [0.05, 0.1) is 17.0 Å². The van der Waals surface area contributed by atoms with Crippen LogP contribution in [0.4, 0.5) is 5.69 Å². The van der Waals surface area contributed by atoms with E-state index >= 15 is 0 Å². The Hall–Kier alpha value is -3.15. The Kier molecular flexibility index (Phi) is 5.22. The number of nitrogens with one attached hydrogen (secondary N) is 1. The van der Waals surface area contributed by atoms with Gasteiger partial charge < -0.3 is 14.8 Å². The summed E-state index contributed by atoms with van der Waals surface area (Å²) in [4.78, 5) is 37.8. The lowest BCUT2D eigenvalue weighted by Crippen LogP contribution is -2.42. The lowest BCUT2D eigenvalue weighted by molar-refractivity contribution is -0.136. The molecule has 5 rings (SSSR count). The number of carbonyl (C=O) groups is 2. The fourth-order valence-corrected chi connectivity index (χ4v) is 4.98. The van der Waals surface area contributed by atoms with Crippen LogP contribution in [0.5, 0.6) is 0 Å². The molecule has 0 bridgehead atoms. The molecule has 2 saturated heterocycles. The van der Waals surface area contributed by atoms with Crippen LogP contribution in [0.15, 0.2) is 48.5 Å². The molecule has 160 valence electrons. The number of imidazole rings is 1. The van der Waals surface area contributed by atoms with E-state index in [-0.39, 0.29) is 17.7 Å². The Labute approximate surface area is 182 Å². The molecule has 0 unspecified atom stereocenters. The number of likely N-dealkylation sites (tertiary alicyclic amines) is 1. The SMILES string of the molecule is CCc1ccccc1N1C[C@H](C(=O)N2CCC(c3nc4ccccc4[nH]3)CC2)CC1=O. The van der Waals surface area contributed by atoms with Gasteiger partial charge in [0.2, 0.25) is 11.8 Å². The number of aryl methyl sites for hydroxylation is 1. The number of carbonyl (C=O) groups excluding carboxylic acids is 2. The molecule has 3 aromatic rings. The summed E-state index contributed by atoms with van der Waals surface area (Å²) >= 11 is 0. The van der Waals surface area contributed by atoms with Gasteiger partial charge in [-0.2, -0.15) is 0 Å². The smallest absolute Gasteiger partial charge is 0.228 e. The van der Waals surface area contributed by atoms with E-state index in [2.05, 4.69) is 18.0 Å². The van der Waals surface area contributed by atoms with Gasteiger partial charge in [-0.3, -0.25) is 9.59 Å². The average molecular weight is 417 g/mol. The van der Waals surface area contributed by atoms with Crippen molar-refractivity contribution in [1.29, 1.82) is 0 Å². The number of fused-ring (bicyclic) bond motifs is 1. The van der Waals surface area contributed by atoms with Crippen LogP contribution < -0.4 is 4.90 Å². The Morgan fingerprint density at radius 1 is 1.10 bits per heavy atom. The number of piperidine rings is 1. The van der Waals surface area contributed by atoms with Crippen LogP contribution >= 0.6 is 0 Å². The quantitative estimate of drug-likeness (QED) is 0.702. The summed E-state index contributed by atoms with van der Waals surface area (Å²) in [5.74, 6) is 1.28. The second-order valence-electron chi connectivity index (χ2n) is 8.63. The van der Waals surface area contributed by atoms with Crippen LogP contribution in [0.1, 0.15) is 43.5 Å². The van der Waals surface area contributed by atoms with Gasteiger partial charge in [0.1, 0.15) is 5.82 Å². The van der Waals surface area contributed by atoms with Crippen molar-refractivity contribution in [2.75, 3.05) is 24.5 Å². The molecule has 2 amide bonds. The van der Waals surface area contributed by atoms with Crippen molar-refractivity contribution in [3.8, 4) is 0 Å². The molecule has 0 aliphatic carbocycles. The summed E-state index contributed by atoms with van der Waals surface area (Å²) < 4.78 is 0. The molecule has 6 nitrogen and oxygen atoms in total. The van der Waals surface area contributed by atoms with Gasteiger partial charge in [-0.1, -0.05) is 37.3 Å². The predicted molar refractivity (Wildman–Crippen MR) is 121 cm³/mol. The van der Waals surface area contributed by atoms with Gasteiger partial charge in [-0.15, -0.1) is 0 Å². The summed E-state index contributed by atoms with van der Waals surface area (Å²) in [6.07, 6.45) is 2.97. The molecule has 2 aliphatic heterocycles. The minimum atomic E-state index is -0.250. The van der Waals surface area contributed by atoms with E-state index in [1.54, 1.807) is 0 Å². The Balaban J connectivity index is 1.23. The second-order valence-corrected chi connectivity index (χ2v) is 8.63. The highest BCUT2D eigenvalue weighted by atomic mass is 16.2. The lowest BCUT2D eigenvalue weighted by Gasteiger charge is -2.32. The number of amides is 2. The molecule has 0 spiro atoms. The number of hydrogen-bond donors (Lipinski definition) is 1. The molecular formula is C25H28N4O2.